The molecule has 8 heteroatoms. The minimum atomic E-state index is -1.69. The molecule has 0 saturated heterocycles. The third kappa shape index (κ3) is 3.45. The number of esters is 1. The fourth-order valence-corrected chi connectivity index (χ4v) is 2.40. The highest BCUT2D eigenvalue weighted by atomic mass is 32.1. The van der Waals surface area contributed by atoms with Crippen molar-refractivity contribution in [3.05, 3.63) is 51.5 Å². The number of aryl methyl sites for hydroxylation is 1. The largest absolute Gasteiger partial charge is 0.451 e. The van der Waals surface area contributed by atoms with E-state index >= 15 is 0 Å². The summed E-state index contributed by atoms with van der Waals surface area (Å²) in [5.74, 6) is -6.13. The van der Waals surface area contributed by atoms with Gasteiger partial charge in [0.1, 0.15) is 4.88 Å². The van der Waals surface area contributed by atoms with Crippen LogP contribution in [-0.4, -0.2) is 18.5 Å². The molecular weight excluding hydrogens is 319 g/mol. The molecule has 0 unspecified atom stereocenters. The molecule has 1 amide bonds. The van der Waals surface area contributed by atoms with E-state index in [-0.39, 0.29) is 0 Å². The molecule has 0 fully saturated rings. The van der Waals surface area contributed by atoms with Gasteiger partial charge in [-0.2, -0.15) is 0 Å². The Kier molecular flexibility index (Phi) is 4.81. The molecule has 2 rings (SSSR count). The van der Waals surface area contributed by atoms with Crippen molar-refractivity contribution in [2.45, 2.75) is 6.92 Å². The molecule has 0 aliphatic rings. The van der Waals surface area contributed by atoms with E-state index in [1.807, 2.05) is 5.32 Å². The lowest BCUT2D eigenvalue weighted by Crippen LogP contribution is -2.21. The Morgan fingerprint density at radius 2 is 1.91 bits per heavy atom. The van der Waals surface area contributed by atoms with E-state index in [0.29, 0.717) is 16.5 Å². The number of hydrogen-bond donors (Lipinski definition) is 1. The van der Waals surface area contributed by atoms with Crippen molar-refractivity contribution in [2.75, 3.05) is 11.9 Å². The standard InChI is InChI=1S/C14H10F3NO3S/c1-7-4-5-22-13(7)14(20)21-6-10(19)18-9-3-2-8(15)11(16)12(9)17/h2-5H,6H2,1H3,(H,18,19). The Morgan fingerprint density at radius 1 is 1.18 bits per heavy atom. The van der Waals surface area contributed by atoms with Gasteiger partial charge >= 0.3 is 5.97 Å². The molecule has 0 aliphatic heterocycles. The number of nitrogens with one attached hydrogen (secondary N) is 1. The van der Waals surface area contributed by atoms with Gasteiger partial charge in [0.25, 0.3) is 5.91 Å². The molecule has 116 valence electrons. The smallest absolute Gasteiger partial charge is 0.349 e. The molecule has 0 bridgehead atoms. The summed E-state index contributed by atoms with van der Waals surface area (Å²) in [7, 11) is 0. The summed E-state index contributed by atoms with van der Waals surface area (Å²) in [5, 5.41) is 3.70. The molecule has 1 N–H and O–H groups in total. The van der Waals surface area contributed by atoms with Crippen molar-refractivity contribution in [2.24, 2.45) is 0 Å². The Bertz CT molecular complexity index is 730. The molecule has 0 spiro atoms. The first-order valence-corrected chi connectivity index (χ1v) is 6.92. The van der Waals surface area contributed by atoms with Crippen molar-refractivity contribution < 1.29 is 27.5 Å². The van der Waals surface area contributed by atoms with Crippen LogP contribution in [0, 0.1) is 24.4 Å². The number of rotatable bonds is 4. The maximum atomic E-state index is 13.4. The minimum absolute atomic E-state index is 0.354. The van der Waals surface area contributed by atoms with E-state index in [9.17, 15) is 22.8 Å². The molecule has 0 aliphatic carbocycles. The summed E-state index contributed by atoms with van der Waals surface area (Å²) < 4.78 is 43.9. The fraction of sp³-hybridized carbons (Fsp3) is 0.143. The topological polar surface area (TPSA) is 55.4 Å². The van der Waals surface area contributed by atoms with E-state index in [1.165, 1.54) is 0 Å². The highest BCUT2D eigenvalue weighted by Gasteiger charge is 2.17. The van der Waals surface area contributed by atoms with Gasteiger partial charge in [0.2, 0.25) is 0 Å². The van der Waals surface area contributed by atoms with E-state index in [4.69, 9.17) is 4.74 Å². The Balaban J connectivity index is 1.95. The third-order valence-electron chi connectivity index (χ3n) is 2.69. The van der Waals surface area contributed by atoms with E-state index < -0.39 is 41.6 Å². The number of benzene rings is 1. The van der Waals surface area contributed by atoms with Gasteiger partial charge in [-0.1, -0.05) is 0 Å². The maximum absolute atomic E-state index is 13.4. The zero-order chi connectivity index (χ0) is 16.3. The number of ether oxygens (including phenoxy) is 1. The van der Waals surface area contributed by atoms with Crippen LogP contribution in [0.15, 0.2) is 23.6 Å². The number of amides is 1. The van der Waals surface area contributed by atoms with Crippen LogP contribution in [0.1, 0.15) is 15.2 Å². The van der Waals surface area contributed by atoms with Gasteiger partial charge in [-0.05, 0) is 36.1 Å². The van der Waals surface area contributed by atoms with Crippen LogP contribution in [0.5, 0.6) is 0 Å². The molecular formula is C14H10F3NO3S. The van der Waals surface area contributed by atoms with Crippen molar-refractivity contribution in [1.82, 2.24) is 0 Å². The number of carbonyl (C=O) groups is 2. The van der Waals surface area contributed by atoms with Crippen LogP contribution in [0.2, 0.25) is 0 Å². The number of carbonyl (C=O) groups excluding carboxylic acids is 2. The van der Waals surface area contributed by atoms with E-state index in [2.05, 4.69) is 0 Å². The normalized spacial score (nSPS) is 10.4. The number of thiophene rings is 1. The zero-order valence-electron chi connectivity index (χ0n) is 11.3. The molecule has 1 aromatic heterocycles. The average Bonchev–Trinajstić information content (AvgIpc) is 2.91. The minimum Gasteiger partial charge on any atom is -0.451 e. The first kappa shape index (κ1) is 16.0. The lowest BCUT2D eigenvalue weighted by molar-refractivity contribution is -0.119. The van der Waals surface area contributed by atoms with Crippen molar-refractivity contribution in [3.8, 4) is 0 Å². The lowest BCUT2D eigenvalue weighted by Gasteiger charge is -2.08. The third-order valence-corrected chi connectivity index (χ3v) is 3.69. The number of anilines is 1. The maximum Gasteiger partial charge on any atom is 0.349 e. The van der Waals surface area contributed by atoms with Gasteiger partial charge in [0.15, 0.2) is 24.1 Å². The molecule has 22 heavy (non-hydrogen) atoms. The molecule has 0 radical (unpaired) electrons. The fourth-order valence-electron chi connectivity index (χ4n) is 1.59. The lowest BCUT2D eigenvalue weighted by atomic mass is 10.3. The van der Waals surface area contributed by atoms with Crippen LogP contribution in [0.4, 0.5) is 18.9 Å². The summed E-state index contributed by atoms with van der Waals surface area (Å²) in [5.41, 5.74) is 0.175. The van der Waals surface area contributed by atoms with Gasteiger partial charge in [-0.25, -0.2) is 18.0 Å². The first-order valence-electron chi connectivity index (χ1n) is 6.04. The SMILES string of the molecule is Cc1ccsc1C(=O)OCC(=O)Nc1ccc(F)c(F)c1F. The second-order valence-electron chi connectivity index (χ2n) is 4.28. The highest BCUT2D eigenvalue weighted by Crippen LogP contribution is 2.20. The second-order valence-corrected chi connectivity index (χ2v) is 5.20. The number of halogens is 3. The number of hydrogen-bond acceptors (Lipinski definition) is 4. The molecule has 1 heterocycles. The van der Waals surface area contributed by atoms with Crippen LogP contribution >= 0.6 is 11.3 Å². The second kappa shape index (κ2) is 6.61. The monoisotopic (exact) mass is 329 g/mol. The first-order chi connectivity index (χ1) is 10.4. The highest BCUT2D eigenvalue weighted by molar-refractivity contribution is 7.12. The van der Waals surface area contributed by atoms with E-state index in [0.717, 1.165) is 17.4 Å². The van der Waals surface area contributed by atoms with Gasteiger partial charge in [-0.3, -0.25) is 4.79 Å². The average molecular weight is 329 g/mol. The molecule has 4 nitrogen and oxygen atoms in total. The van der Waals surface area contributed by atoms with Crippen molar-refractivity contribution in [1.29, 1.82) is 0 Å². The van der Waals surface area contributed by atoms with Gasteiger partial charge in [0.05, 0.1) is 5.69 Å². The summed E-state index contributed by atoms with van der Waals surface area (Å²) in [6.07, 6.45) is 0. The van der Waals surface area contributed by atoms with Gasteiger partial charge in [-0.15, -0.1) is 11.3 Å². The van der Waals surface area contributed by atoms with Crippen molar-refractivity contribution >= 4 is 28.9 Å². The van der Waals surface area contributed by atoms with E-state index in [1.54, 1.807) is 18.4 Å². The predicted octanol–water partition coefficient (Wildman–Crippen LogP) is 3.27. The van der Waals surface area contributed by atoms with Crippen LogP contribution < -0.4 is 5.32 Å². The summed E-state index contributed by atoms with van der Waals surface area (Å²) in [6.45, 7) is 1.04. The Labute approximate surface area is 127 Å². The summed E-state index contributed by atoms with van der Waals surface area (Å²) in [4.78, 5) is 23.6. The molecule has 2 aromatic rings. The van der Waals surface area contributed by atoms with Crippen LogP contribution in [-0.2, 0) is 9.53 Å². The van der Waals surface area contributed by atoms with Gasteiger partial charge in [0, 0.05) is 0 Å². The molecule has 1 aromatic carbocycles. The molecule has 0 saturated carbocycles. The van der Waals surface area contributed by atoms with Crippen LogP contribution in [0.25, 0.3) is 0 Å². The Morgan fingerprint density at radius 3 is 2.55 bits per heavy atom. The Hall–Kier alpha value is -2.35. The quantitative estimate of drug-likeness (QED) is 0.692. The van der Waals surface area contributed by atoms with Crippen LogP contribution in [0.3, 0.4) is 0 Å². The predicted molar refractivity (Wildman–Crippen MR) is 74.3 cm³/mol. The zero-order valence-corrected chi connectivity index (χ0v) is 12.1. The van der Waals surface area contributed by atoms with Crippen molar-refractivity contribution in [3.63, 3.8) is 0 Å². The summed E-state index contributed by atoms with van der Waals surface area (Å²) in [6, 6.07) is 3.27. The summed E-state index contributed by atoms with van der Waals surface area (Å²) >= 11 is 1.16. The molecule has 0 atom stereocenters. The van der Waals surface area contributed by atoms with Gasteiger partial charge < -0.3 is 10.1 Å².